The van der Waals surface area contributed by atoms with Crippen LogP contribution in [0.1, 0.15) is 20.8 Å². The van der Waals surface area contributed by atoms with Crippen molar-refractivity contribution in [3.05, 3.63) is 87.9 Å². The highest BCUT2D eigenvalue weighted by molar-refractivity contribution is 7.12. The summed E-state index contributed by atoms with van der Waals surface area (Å²) in [5.41, 5.74) is 1.18. The van der Waals surface area contributed by atoms with E-state index in [1.54, 1.807) is 66.1 Å². The van der Waals surface area contributed by atoms with Crippen molar-refractivity contribution in [3.8, 4) is 11.8 Å². The van der Waals surface area contributed by atoms with Crippen LogP contribution in [0.15, 0.2) is 66.0 Å². The van der Waals surface area contributed by atoms with Gasteiger partial charge in [0, 0.05) is 5.56 Å². The summed E-state index contributed by atoms with van der Waals surface area (Å²) in [6.45, 7) is 0. The van der Waals surface area contributed by atoms with Gasteiger partial charge in [-0.05, 0) is 41.3 Å². The molecule has 0 saturated carbocycles. The van der Waals surface area contributed by atoms with E-state index in [0.717, 1.165) is 0 Å². The van der Waals surface area contributed by atoms with Crippen LogP contribution in [0.2, 0.25) is 0 Å². The second-order valence-corrected chi connectivity index (χ2v) is 6.03. The molecule has 0 amide bonds. The number of hydrogen-bond acceptors (Lipinski definition) is 4. The van der Waals surface area contributed by atoms with Crippen molar-refractivity contribution in [3.63, 3.8) is 0 Å². The van der Waals surface area contributed by atoms with Crippen molar-refractivity contribution in [2.24, 2.45) is 0 Å². The molecule has 0 fully saturated rings. The van der Waals surface area contributed by atoms with Crippen LogP contribution in [0.5, 0.6) is 5.75 Å². The smallest absolute Gasteiger partial charge is 0.353 e. The number of halogens is 1. The maximum atomic E-state index is 13.8. The molecule has 3 aromatic rings. The van der Waals surface area contributed by atoms with E-state index in [9.17, 15) is 14.4 Å². The van der Waals surface area contributed by atoms with Crippen molar-refractivity contribution in [2.45, 2.75) is 0 Å². The molecule has 2 aromatic carbocycles. The molecular formula is C20H12FNO2S. The standard InChI is InChI=1S/C20H12FNO2S/c21-18-5-2-1-4-17(18)15(13-22)12-14-7-9-16(10-8-14)24-20(23)19-6-3-11-25-19/h1-12H/b15-12-. The first-order valence-electron chi connectivity index (χ1n) is 7.40. The lowest BCUT2D eigenvalue weighted by molar-refractivity contribution is 0.0740. The number of nitriles is 1. The fourth-order valence-electron chi connectivity index (χ4n) is 2.20. The summed E-state index contributed by atoms with van der Waals surface area (Å²) in [4.78, 5) is 12.4. The molecular weight excluding hydrogens is 337 g/mol. The van der Waals surface area contributed by atoms with Crippen LogP contribution in [-0.4, -0.2) is 5.97 Å². The highest BCUT2D eigenvalue weighted by Gasteiger charge is 2.10. The maximum Gasteiger partial charge on any atom is 0.353 e. The van der Waals surface area contributed by atoms with Gasteiger partial charge >= 0.3 is 5.97 Å². The molecule has 122 valence electrons. The Hall–Kier alpha value is -3.23. The van der Waals surface area contributed by atoms with Crippen molar-refractivity contribution in [1.82, 2.24) is 0 Å². The van der Waals surface area contributed by atoms with Crippen LogP contribution < -0.4 is 4.74 Å². The van der Waals surface area contributed by atoms with Crippen LogP contribution in [0.25, 0.3) is 11.6 Å². The fourth-order valence-corrected chi connectivity index (χ4v) is 2.80. The summed E-state index contributed by atoms with van der Waals surface area (Å²) in [6.07, 6.45) is 1.59. The van der Waals surface area contributed by atoms with Gasteiger partial charge in [0.25, 0.3) is 0 Å². The van der Waals surface area contributed by atoms with E-state index in [-0.39, 0.29) is 11.1 Å². The summed E-state index contributed by atoms with van der Waals surface area (Å²) in [6, 6.07) is 18.3. The Kier molecular flexibility index (Phi) is 5.03. The quantitative estimate of drug-likeness (QED) is 0.282. The van der Waals surface area contributed by atoms with Gasteiger partial charge in [0.1, 0.15) is 16.4 Å². The zero-order valence-corrected chi connectivity index (χ0v) is 13.8. The van der Waals surface area contributed by atoms with Crippen molar-refractivity contribution >= 4 is 29.0 Å². The number of carbonyl (C=O) groups is 1. The molecule has 0 bridgehead atoms. The lowest BCUT2D eigenvalue weighted by Crippen LogP contribution is -2.05. The molecule has 0 aliphatic rings. The number of allylic oxidation sites excluding steroid dienone is 1. The van der Waals surface area contributed by atoms with Gasteiger partial charge in [0.2, 0.25) is 0 Å². The lowest BCUT2D eigenvalue weighted by Gasteiger charge is -2.04. The van der Waals surface area contributed by atoms with Gasteiger partial charge < -0.3 is 4.74 Å². The Labute approximate surface area is 148 Å². The molecule has 3 rings (SSSR count). The van der Waals surface area contributed by atoms with E-state index < -0.39 is 11.8 Å². The van der Waals surface area contributed by atoms with Crippen molar-refractivity contribution in [1.29, 1.82) is 5.26 Å². The first kappa shape index (κ1) is 16.6. The van der Waals surface area contributed by atoms with E-state index in [1.165, 1.54) is 17.4 Å². The summed E-state index contributed by atoms with van der Waals surface area (Å²) in [5.74, 6) is -0.459. The Morgan fingerprint density at radius 1 is 1.08 bits per heavy atom. The number of nitrogens with zero attached hydrogens (tertiary/aromatic N) is 1. The van der Waals surface area contributed by atoms with E-state index in [4.69, 9.17) is 4.74 Å². The predicted octanol–water partition coefficient (Wildman–Crippen LogP) is 5.17. The minimum absolute atomic E-state index is 0.224. The van der Waals surface area contributed by atoms with Gasteiger partial charge in [-0.15, -0.1) is 11.3 Å². The zero-order chi connectivity index (χ0) is 17.6. The molecule has 5 heteroatoms. The molecule has 1 heterocycles. The Bertz CT molecular complexity index is 954. The first-order valence-corrected chi connectivity index (χ1v) is 8.28. The number of rotatable bonds is 4. The highest BCUT2D eigenvalue weighted by atomic mass is 32.1. The number of benzene rings is 2. The minimum Gasteiger partial charge on any atom is -0.422 e. The Morgan fingerprint density at radius 2 is 1.84 bits per heavy atom. The minimum atomic E-state index is -0.447. The summed E-state index contributed by atoms with van der Waals surface area (Å²) >= 11 is 1.31. The molecule has 0 saturated heterocycles. The van der Waals surface area contributed by atoms with Crippen LogP contribution in [0.3, 0.4) is 0 Å². The molecule has 3 nitrogen and oxygen atoms in total. The second-order valence-electron chi connectivity index (χ2n) is 5.09. The van der Waals surface area contributed by atoms with E-state index in [0.29, 0.717) is 16.2 Å². The third-order valence-corrected chi connectivity index (χ3v) is 4.26. The van der Waals surface area contributed by atoms with Gasteiger partial charge in [0.15, 0.2) is 0 Å². The molecule has 0 unspecified atom stereocenters. The second kappa shape index (κ2) is 7.56. The Balaban J connectivity index is 1.79. The van der Waals surface area contributed by atoms with E-state index in [2.05, 4.69) is 0 Å². The molecule has 0 spiro atoms. The number of carbonyl (C=O) groups excluding carboxylic acids is 1. The highest BCUT2D eigenvalue weighted by Crippen LogP contribution is 2.22. The molecule has 0 N–H and O–H groups in total. The van der Waals surface area contributed by atoms with Crippen LogP contribution in [0.4, 0.5) is 4.39 Å². The normalized spacial score (nSPS) is 11.0. The zero-order valence-electron chi connectivity index (χ0n) is 13.0. The Morgan fingerprint density at radius 3 is 2.48 bits per heavy atom. The van der Waals surface area contributed by atoms with Crippen LogP contribution >= 0.6 is 11.3 Å². The molecule has 0 aliphatic carbocycles. The predicted molar refractivity (Wildman–Crippen MR) is 95.6 cm³/mol. The van der Waals surface area contributed by atoms with E-state index >= 15 is 0 Å². The molecule has 1 aromatic heterocycles. The van der Waals surface area contributed by atoms with Gasteiger partial charge in [0.05, 0.1) is 11.6 Å². The number of thiophene rings is 1. The van der Waals surface area contributed by atoms with Gasteiger partial charge in [-0.3, -0.25) is 0 Å². The molecule has 0 aliphatic heterocycles. The van der Waals surface area contributed by atoms with Crippen LogP contribution in [0, 0.1) is 17.1 Å². The third kappa shape index (κ3) is 4.00. The molecule has 25 heavy (non-hydrogen) atoms. The largest absolute Gasteiger partial charge is 0.422 e. The average molecular weight is 349 g/mol. The average Bonchev–Trinajstić information content (AvgIpc) is 3.17. The van der Waals surface area contributed by atoms with Gasteiger partial charge in [-0.2, -0.15) is 5.26 Å². The van der Waals surface area contributed by atoms with Crippen LogP contribution in [-0.2, 0) is 0 Å². The monoisotopic (exact) mass is 349 g/mol. The van der Waals surface area contributed by atoms with Gasteiger partial charge in [-0.25, -0.2) is 9.18 Å². The lowest BCUT2D eigenvalue weighted by atomic mass is 10.0. The SMILES string of the molecule is N#C/C(=C/c1ccc(OC(=O)c2cccs2)cc1)c1ccccc1F. The maximum absolute atomic E-state index is 13.8. The number of ether oxygens (including phenoxy) is 1. The topological polar surface area (TPSA) is 50.1 Å². The third-order valence-electron chi connectivity index (χ3n) is 3.41. The fraction of sp³-hybridized carbons (Fsp3) is 0. The summed E-state index contributed by atoms with van der Waals surface area (Å²) < 4.78 is 19.1. The van der Waals surface area contributed by atoms with Gasteiger partial charge in [-0.1, -0.05) is 36.4 Å². The molecule has 0 radical (unpaired) electrons. The number of esters is 1. The first-order chi connectivity index (χ1) is 12.2. The molecule has 0 atom stereocenters. The summed E-state index contributed by atoms with van der Waals surface area (Å²) in [7, 11) is 0. The van der Waals surface area contributed by atoms with Crippen molar-refractivity contribution < 1.29 is 13.9 Å². The number of hydrogen-bond donors (Lipinski definition) is 0. The summed E-state index contributed by atoms with van der Waals surface area (Å²) in [5, 5.41) is 11.1. The van der Waals surface area contributed by atoms with E-state index in [1.807, 2.05) is 6.07 Å². The van der Waals surface area contributed by atoms with Crippen molar-refractivity contribution in [2.75, 3.05) is 0 Å².